The lowest BCUT2D eigenvalue weighted by molar-refractivity contribution is 0.0960. The molecule has 6 heteroatoms. The molecule has 0 aromatic carbocycles. The molecule has 1 N–H and O–H groups in total. The third-order valence-electron chi connectivity index (χ3n) is 1.17. The molecule has 0 spiro atoms. The van der Waals surface area contributed by atoms with E-state index >= 15 is 0 Å². The number of carbonyl (C=O) groups is 1. The standard InChI is InChI=1S/C7H6BrClN2OS/c1-4(9)2-10-7(12)5-6(8)11-3-13-5/h3H,1-2H2,(H,10,12). The highest BCUT2D eigenvalue weighted by molar-refractivity contribution is 9.10. The van der Waals surface area contributed by atoms with Gasteiger partial charge in [-0.05, 0) is 15.9 Å². The lowest BCUT2D eigenvalue weighted by atomic mass is 10.5. The summed E-state index contributed by atoms with van der Waals surface area (Å²) < 4.78 is 0.551. The van der Waals surface area contributed by atoms with Crippen LogP contribution < -0.4 is 5.32 Å². The monoisotopic (exact) mass is 280 g/mol. The molecule has 3 nitrogen and oxygen atoms in total. The molecule has 0 fully saturated rings. The van der Waals surface area contributed by atoms with Gasteiger partial charge in [-0.3, -0.25) is 4.79 Å². The van der Waals surface area contributed by atoms with Gasteiger partial charge in [-0.15, -0.1) is 11.3 Å². The van der Waals surface area contributed by atoms with Gasteiger partial charge >= 0.3 is 0 Å². The zero-order valence-corrected chi connectivity index (χ0v) is 9.67. The summed E-state index contributed by atoms with van der Waals surface area (Å²) in [5.74, 6) is -0.198. The van der Waals surface area contributed by atoms with Crippen LogP contribution in [-0.2, 0) is 0 Å². The third-order valence-corrected chi connectivity index (χ3v) is 2.99. The summed E-state index contributed by atoms with van der Waals surface area (Å²) in [6, 6.07) is 0. The van der Waals surface area contributed by atoms with Crippen LogP contribution in [0, 0.1) is 0 Å². The van der Waals surface area contributed by atoms with Gasteiger partial charge in [0.2, 0.25) is 0 Å². The predicted octanol–water partition coefficient (Wildman–Crippen LogP) is 2.39. The maximum Gasteiger partial charge on any atom is 0.264 e. The molecule has 1 aromatic heterocycles. The number of halogens is 2. The molecule has 0 saturated heterocycles. The predicted molar refractivity (Wildman–Crippen MR) is 57.1 cm³/mol. The Kier molecular flexibility index (Phi) is 3.90. The minimum atomic E-state index is -0.198. The zero-order chi connectivity index (χ0) is 9.84. The van der Waals surface area contributed by atoms with Crippen molar-refractivity contribution in [2.75, 3.05) is 6.54 Å². The lowest BCUT2D eigenvalue weighted by Crippen LogP contribution is -2.23. The second-order valence-corrected chi connectivity index (χ2v) is 4.31. The van der Waals surface area contributed by atoms with Crippen LogP contribution in [0.5, 0.6) is 0 Å². The quantitative estimate of drug-likeness (QED) is 0.924. The van der Waals surface area contributed by atoms with Crippen LogP contribution in [0.15, 0.2) is 21.7 Å². The summed E-state index contributed by atoms with van der Waals surface area (Å²) in [6.07, 6.45) is 0. The fourth-order valence-electron chi connectivity index (χ4n) is 0.636. The van der Waals surface area contributed by atoms with Gasteiger partial charge in [0, 0.05) is 5.03 Å². The molecule has 70 valence electrons. The van der Waals surface area contributed by atoms with Gasteiger partial charge in [-0.25, -0.2) is 4.98 Å². The van der Waals surface area contributed by atoms with E-state index in [4.69, 9.17) is 11.6 Å². The van der Waals surface area contributed by atoms with Crippen molar-refractivity contribution in [1.82, 2.24) is 10.3 Å². The number of thiazole rings is 1. The highest BCUT2D eigenvalue weighted by atomic mass is 79.9. The van der Waals surface area contributed by atoms with Crippen molar-refractivity contribution in [2.24, 2.45) is 0 Å². The number of nitrogens with one attached hydrogen (secondary N) is 1. The Morgan fingerprint density at radius 1 is 1.85 bits per heavy atom. The number of hydrogen-bond donors (Lipinski definition) is 1. The minimum Gasteiger partial charge on any atom is -0.346 e. The summed E-state index contributed by atoms with van der Waals surface area (Å²) in [4.78, 5) is 15.8. The van der Waals surface area contributed by atoms with E-state index in [1.54, 1.807) is 5.51 Å². The Balaban J connectivity index is 2.59. The lowest BCUT2D eigenvalue weighted by Gasteiger charge is -2.00. The van der Waals surface area contributed by atoms with Gasteiger partial charge in [0.15, 0.2) is 0 Å². The van der Waals surface area contributed by atoms with Crippen molar-refractivity contribution in [2.45, 2.75) is 0 Å². The Hall–Kier alpha value is -0.390. The molecule has 0 unspecified atom stereocenters. The maximum atomic E-state index is 11.4. The summed E-state index contributed by atoms with van der Waals surface area (Å²) in [6.45, 7) is 3.73. The number of carbonyl (C=O) groups excluding carboxylic acids is 1. The van der Waals surface area contributed by atoms with Crippen LogP contribution in [0.2, 0.25) is 0 Å². The Labute approximate surface area is 92.9 Å². The van der Waals surface area contributed by atoms with Gasteiger partial charge in [0.25, 0.3) is 5.91 Å². The molecule has 0 atom stereocenters. The topological polar surface area (TPSA) is 42.0 Å². The smallest absolute Gasteiger partial charge is 0.264 e. The SMILES string of the molecule is C=C(Cl)CNC(=O)c1scnc1Br. The molecule has 1 amide bonds. The fourth-order valence-corrected chi connectivity index (χ4v) is 1.99. The highest BCUT2D eigenvalue weighted by Crippen LogP contribution is 2.18. The first-order valence-corrected chi connectivity index (χ1v) is 5.36. The third kappa shape index (κ3) is 3.10. The van der Waals surface area contributed by atoms with Gasteiger partial charge in [-0.2, -0.15) is 0 Å². The van der Waals surface area contributed by atoms with Crippen LogP contribution in [0.25, 0.3) is 0 Å². The van der Waals surface area contributed by atoms with Gasteiger partial charge in [-0.1, -0.05) is 18.2 Å². The number of nitrogens with zero attached hydrogens (tertiary/aromatic N) is 1. The number of hydrogen-bond acceptors (Lipinski definition) is 3. The second kappa shape index (κ2) is 4.74. The Bertz CT molecular complexity index is 339. The van der Waals surface area contributed by atoms with E-state index in [1.165, 1.54) is 11.3 Å². The van der Waals surface area contributed by atoms with E-state index in [0.717, 1.165) is 0 Å². The molecule has 0 aliphatic carbocycles. The molecule has 1 heterocycles. The fraction of sp³-hybridized carbons (Fsp3) is 0.143. The van der Waals surface area contributed by atoms with E-state index in [9.17, 15) is 4.79 Å². The molecule has 0 aliphatic heterocycles. The molecule has 1 aromatic rings. The summed E-state index contributed by atoms with van der Waals surface area (Å²) in [5, 5.41) is 2.99. The normalized spacial score (nSPS) is 9.69. The number of amides is 1. The molecule has 0 radical (unpaired) electrons. The molecular weight excluding hydrogens is 276 g/mol. The Morgan fingerprint density at radius 2 is 2.54 bits per heavy atom. The van der Waals surface area contributed by atoms with Crippen molar-refractivity contribution in [3.63, 3.8) is 0 Å². The van der Waals surface area contributed by atoms with Crippen LogP contribution in [0.1, 0.15) is 9.67 Å². The summed E-state index contributed by atoms with van der Waals surface area (Å²) >= 11 is 9.91. The van der Waals surface area contributed by atoms with Gasteiger partial charge in [0.1, 0.15) is 9.48 Å². The van der Waals surface area contributed by atoms with E-state index in [1.807, 2.05) is 0 Å². The van der Waals surface area contributed by atoms with Crippen molar-refractivity contribution in [1.29, 1.82) is 0 Å². The minimum absolute atomic E-state index is 0.198. The second-order valence-electron chi connectivity index (χ2n) is 2.17. The average molecular weight is 282 g/mol. The van der Waals surface area contributed by atoms with Crippen molar-refractivity contribution >= 4 is 44.8 Å². The van der Waals surface area contributed by atoms with E-state index < -0.39 is 0 Å². The first-order valence-electron chi connectivity index (χ1n) is 3.31. The first kappa shape index (κ1) is 10.7. The molecule has 0 bridgehead atoms. The number of aromatic nitrogens is 1. The number of rotatable bonds is 3. The maximum absolute atomic E-state index is 11.4. The largest absolute Gasteiger partial charge is 0.346 e. The van der Waals surface area contributed by atoms with Crippen LogP contribution in [0.4, 0.5) is 0 Å². The van der Waals surface area contributed by atoms with E-state index in [0.29, 0.717) is 14.5 Å². The van der Waals surface area contributed by atoms with Gasteiger partial charge < -0.3 is 5.32 Å². The van der Waals surface area contributed by atoms with E-state index in [-0.39, 0.29) is 12.5 Å². The van der Waals surface area contributed by atoms with Crippen LogP contribution >= 0.6 is 38.9 Å². The zero-order valence-electron chi connectivity index (χ0n) is 6.51. The van der Waals surface area contributed by atoms with Gasteiger partial charge in [0.05, 0.1) is 12.1 Å². The van der Waals surface area contributed by atoms with Crippen molar-refractivity contribution in [3.8, 4) is 0 Å². The molecule has 1 rings (SSSR count). The Morgan fingerprint density at radius 3 is 3.00 bits per heavy atom. The van der Waals surface area contributed by atoms with Crippen LogP contribution in [-0.4, -0.2) is 17.4 Å². The molecular formula is C7H6BrClN2OS. The first-order chi connectivity index (χ1) is 6.11. The molecule has 0 saturated carbocycles. The molecule has 13 heavy (non-hydrogen) atoms. The highest BCUT2D eigenvalue weighted by Gasteiger charge is 2.11. The van der Waals surface area contributed by atoms with E-state index in [2.05, 4.69) is 32.8 Å². The van der Waals surface area contributed by atoms with Crippen molar-refractivity contribution in [3.05, 3.63) is 26.6 Å². The summed E-state index contributed by atoms with van der Waals surface area (Å²) in [5.41, 5.74) is 1.59. The average Bonchev–Trinajstić information content (AvgIpc) is 2.47. The van der Waals surface area contributed by atoms with Crippen LogP contribution in [0.3, 0.4) is 0 Å². The summed E-state index contributed by atoms with van der Waals surface area (Å²) in [7, 11) is 0. The van der Waals surface area contributed by atoms with Crippen molar-refractivity contribution < 1.29 is 4.79 Å². The molecule has 0 aliphatic rings.